The third-order valence-electron chi connectivity index (χ3n) is 4.61. The zero-order valence-corrected chi connectivity index (χ0v) is 17.2. The minimum Gasteiger partial charge on any atom is -0.481 e. The Kier molecular flexibility index (Phi) is 6.00. The van der Waals surface area contributed by atoms with E-state index in [1.165, 1.54) is 20.1 Å². The van der Waals surface area contributed by atoms with Crippen molar-refractivity contribution in [3.05, 3.63) is 53.0 Å². The SMILES string of the molecule is COc1ncc(C(C)(F)F)cc1Cn1cc(C(=O)NC[C@H](C)F)c2ncc(C)cc21. The lowest BCUT2D eigenvalue weighted by Crippen LogP contribution is -2.28. The van der Waals surface area contributed by atoms with Crippen LogP contribution < -0.4 is 10.1 Å². The Balaban J connectivity index is 2.06. The van der Waals surface area contributed by atoms with Crippen LogP contribution in [0.1, 0.15) is 40.9 Å². The lowest BCUT2D eigenvalue weighted by Gasteiger charge is -2.15. The summed E-state index contributed by atoms with van der Waals surface area (Å²) in [5.41, 5.74) is 2.41. The number of hydrogen-bond donors (Lipinski definition) is 1. The molecule has 0 fully saturated rings. The van der Waals surface area contributed by atoms with Gasteiger partial charge in [0.05, 0.1) is 24.7 Å². The first-order chi connectivity index (χ1) is 14.1. The normalized spacial score (nSPS) is 12.8. The van der Waals surface area contributed by atoms with Gasteiger partial charge in [0.25, 0.3) is 11.8 Å². The topological polar surface area (TPSA) is 69.0 Å². The van der Waals surface area contributed by atoms with Crippen LogP contribution in [0.5, 0.6) is 5.88 Å². The van der Waals surface area contributed by atoms with Crippen LogP contribution in [0.2, 0.25) is 0 Å². The van der Waals surface area contributed by atoms with Crippen molar-refractivity contribution in [2.75, 3.05) is 13.7 Å². The van der Waals surface area contributed by atoms with Crippen molar-refractivity contribution < 1.29 is 22.7 Å². The predicted octanol–water partition coefficient (Wildman–Crippen LogP) is 4.00. The van der Waals surface area contributed by atoms with E-state index in [2.05, 4.69) is 15.3 Å². The zero-order valence-electron chi connectivity index (χ0n) is 17.2. The van der Waals surface area contributed by atoms with Gasteiger partial charge in [-0.3, -0.25) is 9.78 Å². The number of carbonyl (C=O) groups is 1. The number of nitrogens with one attached hydrogen (secondary N) is 1. The first-order valence-corrected chi connectivity index (χ1v) is 9.39. The summed E-state index contributed by atoms with van der Waals surface area (Å²) in [6.45, 7) is 4.01. The first kappa shape index (κ1) is 21.6. The van der Waals surface area contributed by atoms with E-state index in [4.69, 9.17) is 4.74 Å². The molecule has 30 heavy (non-hydrogen) atoms. The van der Waals surface area contributed by atoms with Crippen molar-refractivity contribution in [2.45, 2.75) is 39.4 Å². The minimum atomic E-state index is -3.06. The van der Waals surface area contributed by atoms with Crippen molar-refractivity contribution in [1.29, 1.82) is 0 Å². The number of ether oxygens (including phenoxy) is 1. The van der Waals surface area contributed by atoms with Crippen LogP contribution in [0.4, 0.5) is 13.2 Å². The molecule has 0 aromatic carbocycles. The highest BCUT2D eigenvalue weighted by Gasteiger charge is 2.26. The van der Waals surface area contributed by atoms with Gasteiger partial charge in [0.15, 0.2) is 0 Å². The first-order valence-electron chi connectivity index (χ1n) is 9.39. The van der Waals surface area contributed by atoms with Crippen LogP contribution >= 0.6 is 0 Å². The quantitative estimate of drug-likeness (QED) is 0.628. The number of amides is 1. The molecule has 3 aromatic rings. The van der Waals surface area contributed by atoms with Crippen LogP contribution in [0.3, 0.4) is 0 Å². The Labute approximate surface area is 172 Å². The lowest BCUT2D eigenvalue weighted by molar-refractivity contribution is 0.0169. The van der Waals surface area contributed by atoms with Gasteiger partial charge in [-0.2, -0.15) is 0 Å². The number of carbonyl (C=O) groups excluding carboxylic acids is 1. The highest BCUT2D eigenvalue weighted by molar-refractivity contribution is 6.05. The molecule has 0 aliphatic heterocycles. The number of halogens is 3. The summed E-state index contributed by atoms with van der Waals surface area (Å²) in [4.78, 5) is 20.9. The van der Waals surface area contributed by atoms with E-state index >= 15 is 0 Å². The van der Waals surface area contributed by atoms with Crippen molar-refractivity contribution >= 4 is 16.9 Å². The average molecular weight is 420 g/mol. The molecule has 0 saturated carbocycles. The molecule has 0 aliphatic rings. The molecule has 160 valence electrons. The largest absolute Gasteiger partial charge is 0.481 e. The van der Waals surface area contributed by atoms with Crippen LogP contribution in [0.15, 0.2) is 30.7 Å². The second-order valence-corrected chi connectivity index (χ2v) is 7.32. The van der Waals surface area contributed by atoms with E-state index in [0.29, 0.717) is 16.6 Å². The summed E-state index contributed by atoms with van der Waals surface area (Å²) >= 11 is 0. The summed E-state index contributed by atoms with van der Waals surface area (Å²) in [5.74, 6) is -3.31. The fourth-order valence-corrected chi connectivity index (χ4v) is 3.11. The maximum atomic E-state index is 13.8. The Morgan fingerprint density at radius 1 is 1.30 bits per heavy atom. The molecule has 3 heterocycles. The van der Waals surface area contributed by atoms with Crippen molar-refractivity contribution in [3.63, 3.8) is 0 Å². The highest BCUT2D eigenvalue weighted by atomic mass is 19.3. The molecule has 9 heteroatoms. The molecule has 0 aliphatic carbocycles. The van der Waals surface area contributed by atoms with Gasteiger partial charge in [-0.25, -0.2) is 18.2 Å². The van der Waals surface area contributed by atoms with Crippen LogP contribution in [0.25, 0.3) is 11.0 Å². The molecule has 1 atom stereocenters. The smallest absolute Gasteiger partial charge is 0.272 e. The molecule has 1 amide bonds. The number of fused-ring (bicyclic) bond motifs is 1. The van der Waals surface area contributed by atoms with Gasteiger partial charge in [0.2, 0.25) is 5.88 Å². The van der Waals surface area contributed by atoms with Gasteiger partial charge in [-0.05, 0) is 31.5 Å². The second-order valence-electron chi connectivity index (χ2n) is 7.32. The predicted molar refractivity (Wildman–Crippen MR) is 107 cm³/mol. The van der Waals surface area contributed by atoms with Gasteiger partial charge in [-0.1, -0.05) is 0 Å². The highest BCUT2D eigenvalue weighted by Crippen LogP contribution is 2.30. The summed E-state index contributed by atoms with van der Waals surface area (Å²) in [6.07, 6.45) is 3.10. The van der Waals surface area contributed by atoms with E-state index in [0.717, 1.165) is 18.7 Å². The average Bonchev–Trinajstić information content (AvgIpc) is 3.03. The van der Waals surface area contributed by atoms with Gasteiger partial charge in [0, 0.05) is 43.2 Å². The molecule has 1 N–H and O–H groups in total. The summed E-state index contributed by atoms with van der Waals surface area (Å²) < 4.78 is 47.7. The lowest BCUT2D eigenvalue weighted by atomic mass is 10.1. The number of methoxy groups -OCH3 is 1. The Morgan fingerprint density at radius 3 is 2.67 bits per heavy atom. The number of hydrogen-bond acceptors (Lipinski definition) is 4. The molecule has 3 rings (SSSR count). The number of pyridine rings is 2. The molecule has 0 saturated heterocycles. The maximum absolute atomic E-state index is 13.8. The van der Waals surface area contributed by atoms with E-state index in [-0.39, 0.29) is 30.1 Å². The van der Waals surface area contributed by atoms with E-state index in [1.807, 2.05) is 13.0 Å². The van der Waals surface area contributed by atoms with Crippen molar-refractivity contribution in [2.24, 2.45) is 0 Å². The standard InChI is InChI=1S/C21H23F3N4O2/c1-12-5-17-18(25-7-12)16(19(29)26-8-13(2)22)11-28(17)10-14-6-15(21(3,23)24)9-27-20(14)30-4/h5-7,9,11,13H,8,10H2,1-4H3,(H,26,29)/t13-/m0/s1. The number of alkyl halides is 3. The summed E-state index contributed by atoms with van der Waals surface area (Å²) in [6, 6.07) is 3.18. The molecule has 0 unspecified atom stereocenters. The number of nitrogens with zero attached hydrogens (tertiary/aromatic N) is 3. The third-order valence-corrected chi connectivity index (χ3v) is 4.61. The molecule has 6 nitrogen and oxygen atoms in total. The summed E-state index contributed by atoms with van der Waals surface area (Å²) in [7, 11) is 1.41. The van der Waals surface area contributed by atoms with Crippen LogP contribution in [0, 0.1) is 6.92 Å². The van der Waals surface area contributed by atoms with E-state index in [1.54, 1.807) is 17.0 Å². The molecule has 0 spiro atoms. The number of aromatic nitrogens is 3. The zero-order chi connectivity index (χ0) is 22.1. The molecular weight excluding hydrogens is 397 g/mol. The Bertz CT molecular complexity index is 1070. The molecule has 3 aromatic heterocycles. The fourth-order valence-electron chi connectivity index (χ4n) is 3.11. The fraction of sp³-hybridized carbons (Fsp3) is 0.381. The maximum Gasteiger partial charge on any atom is 0.272 e. The van der Waals surface area contributed by atoms with Crippen molar-refractivity contribution in [3.8, 4) is 5.88 Å². The van der Waals surface area contributed by atoms with Gasteiger partial charge >= 0.3 is 0 Å². The monoisotopic (exact) mass is 420 g/mol. The van der Waals surface area contributed by atoms with Gasteiger partial charge < -0.3 is 14.6 Å². The second kappa shape index (κ2) is 8.33. The number of aryl methyl sites for hydroxylation is 1. The van der Waals surface area contributed by atoms with Gasteiger partial charge in [-0.15, -0.1) is 0 Å². The van der Waals surface area contributed by atoms with Crippen LogP contribution in [-0.2, 0) is 12.5 Å². The summed E-state index contributed by atoms with van der Waals surface area (Å²) in [5, 5.41) is 2.53. The molecule has 0 bridgehead atoms. The third kappa shape index (κ3) is 4.55. The number of rotatable bonds is 7. The Morgan fingerprint density at radius 2 is 2.03 bits per heavy atom. The van der Waals surface area contributed by atoms with E-state index in [9.17, 15) is 18.0 Å². The molecule has 0 radical (unpaired) electrons. The van der Waals surface area contributed by atoms with Crippen LogP contribution in [-0.4, -0.2) is 40.3 Å². The van der Waals surface area contributed by atoms with Gasteiger partial charge in [0.1, 0.15) is 11.7 Å². The minimum absolute atomic E-state index is 0.122. The van der Waals surface area contributed by atoms with E-state index < -0.39 is 18.0 Å². The molecular formula is C21H23F3N4O2. The Hall–Kier alpha value is -3.10. The van der Waals surface area contributed by atoms with Crippen molar-refractivity contribution in [1.82, 2.24) is 19.9 Å².